The van der Waals surface area contributed by atoms with Crippen LogP contribution in [0.25, 0.3) is 0 Å². The lowest BCUT2D eigenvalue weighted by atomic mass is 10.3. The van der Waals surface area contributed by atoms with Crippen LogP contribution in [-0.4, -0.2) is 29.0 Å². The van der Waals surface area contributed by atoms with Crippen LogP contribution in [0.3, 0.4) is 0 Å². The van der Waals surface area contributed by atoms with E-state index >= 15 is 0 Å². The highest BCUT2D eigenvalue weighted by atomic mass is 16.1. The quantitative estimate of drug-likeness (QED) is 0.707. The van der Waals surface area contributed by atoms with E-state index in [4.69, 9.17) is 0 Å². The standard InChI is InChI=1S/C11H16N4O/c1-3-5-12-10-7-9(14-8-15-10)11(16)13-6-4-2/h4,7-8H,2-3,5-6H2,1H3,(H,13,16)(H,12,14,15). The molecule has 0 spiro atoms. The maximum absolute atomic E-state index is 11.6. The van der Waals surface area contributed by atoms with Crippen molar-refractivity contribution in [1.29, 1.82) is 0 Å². The normalized spacial score (nSPS) is 9.56. The molecule has 0 atom stereocenters. The molecule has 1 heterocycles. The van der Waals surface area contributed by atoms with Crippen LogP contribution >= 0.6 is 0 Å². The largest absolute Gasteiger partial charge is 0.370 e. The Labute approximate surface area is 95.0 Å². The number of anilines is 1. The van der Waals surface area contributed by atoms with Crippen LogP contribution in [0.2, 0.25) is 0 Å². The van der Waals surface area contributed by atoms with Crippen LogP contribution in [0.5, 0.6) is 0 Å². The van der Waals surface area contributed by atoms with Crippen LogP contribution in [0.4, 0.5) is 5.82 Å². The molecule has 1 aromatic rings. The summed E-state index contributed by atoms with van der Waals surface area (Å²) in [5.41, 5.74) is 0.357. The molecule has 0 radical (unpaired) electrons. The summed E-state index contributed by atoms with van der Waals surface area (Å²) in [5.74, 6) is 0.447. The van der Waals surface area contributed by atoms with Crippen LogP contribution in [0.15, 0.2) is 25.0 Å². The molecule has 0 bridgehead atoms. The summed E-state index contributed by atoms with van der Waals surface area (Å²) in [6.07, 6.45) is 4.00. The smallest absolute Gasteiger partial charge is 0.270 e. The molecular weight excluding hydrogens is 204 g/mol. The molecule has 1 aromatic heterocycles. The Morgan fingerprint density at radius 3 is 3.06 bits per heavy atom. The van der Waals surface area contributed by atoms with E-state index in [1.54, 1.807) is 12.1 Å². The third kappa shape index (κ3) is 3.68. The fourth-order valence-electron chi connectivity index (χ4n) is 1.09. The van der Waals surface area contributed by atoms with E-state index in [2.05, 4.69) is 34.1 Å². The molecule has 0 unspecified atom stereocenters. The van der Waals surface area contributed by atoms with Crippen LogP contribution in [0.1, 0.15) is 23.8 Å². The summed E-state index contributed by atoms with van der Waals surface area (Å²) in [6.45, 7) is 6.84. The van der Waals surface area contributed by atoms with Crippen molar-refractivity contribution in [3.8, 4) is 0 Å². The molecule has 0 aromatic carbocycles. The lowest BCUT2D eigenvalue weighted by molar-refractivity contribution is 0.0953. The van der Waals surface area contributed by atoms with Gasteiger partial charge in [0.25, 0.3) is 5.91 Å². The number of aromatic nitrogens is 2. The van der Waals surface area contributed by atoms with Gasteiger partial charge < -0.3 is 10.6 Å². The number of hydrogen-bond donors (Lipinski definition) is 2. The Morgan fingerprint density at radius 2 is 2.38 bits per heavy atom. The number of carbonyl (C=O) groups is 1. The average Bonchev–Trinajstić information content (AvgIpc) is 2.33. The van der Waals surface area contributed by atoms with Gasteiger partial charge >= 0.3 is 0 Å². The lowest BCUT2D eigenvalue weighted by Gasteiger charge is -2.05. The van der Waals surface area contributed by atoms with Crippen LogP contribution < -0.4 is 10.6 Å². The van der Waals surface area contributed by atoms with E-state index in [1.165, 1.54) is 6.33 Å². The van der Waals surface area contributed by atoms with Crippen molar-refractivity contribution in [2.45, 2.75) is 13.3 Å². The lowest BCUT2D eigenvalue weighted by Crippen LogP contribution is -2.24. The summed E-state index contributed by atoms with van der Waals surface area (Å²) in [5, 5.41) is 5.75. The van der Waals surface area contributed by atoms with Crippen molar-refractivity contribution in [1.82, 2.24) is 15.3 Å². The van der Waals surface area contributed by atoms with Crippen molar-refractivity contribution < 1.29 is 4.79 Å². The predicted octanol–water partition coefficient (Wildman–Crippen LogP) is 1.21. The first-order valence-electron chi connectivity index (χ1n) is 5.23. The fraction of sp³-hybridized carbons (Fsp3) is 0.364. The van der Waals surface area contributed by atoms with Gasteiger partial charge in [-0.2, -0.15) is 0 Å². The monoisotopic (exact) mass is 220 g/mol. The second-order valence-corrected chi connectivity index (χ2v) is 3.21. The van der Waals surface area contributed by atoms with Crippen LogP contribution in [0, 0.1) is 0 Å². The minimum Gasteiger partial charge on any atom is -0.370 e. The van der Waals surface area contributed by atoms with Gasteiger partial charge in [-0.3, -0.25) is 4.79 Å². The SMILES string of the molecule is C=CCNC(=O)c1cc(NCCC)ncn1. The number of rotatable bonds is 6. The predicted molar refractivity (Wildman–Crippen MR) is 63.3 cm³/mol. The van der Waals surface area contributed by atoms with E-state index < -0.39 is 0 Å². The zero-order valence-electron chi connectivity index (χ0n) is 9.36. The Kier molecular flexibility index (Phi) is 4.98. The Hall–Kier alpha value is -1.91. The number of nitrogens with one attached hydrogen (secondary N) is 2. The molecule has 1 amide bonds. The Morgan fingerprint density at radius 1 is 1.56 bits per heavy atom. The molecule has 5 nitrogen and oxygen atoms in total. The van der Waals surface area contributed by atoms with Gasteiger partial charge in [0.15, 0.2) is 0 Å². The Bertz CT molecular complexity index is 365. The highest BCUT2D eigenvalue weighted by Crippen LogP contribution is 2.03. The van der Waals surface area contributed by atoms with Gasteiger partial charge in [-0.25, -0.2) is 9.97 Å². The molecule has 0 aliphatic rings. The summed E-state index contributed by atoms with van der Waals surface area (Å²) in [7, 11) is 0. The molecule has 0 aliphatic heterocycles. The number of hydrogen-bond acceptors (Lipinski definition) is 4. The molecular formula is C11H16N4O. The molecule has 0 aliphatic carbocycles. The minimum atomic E-state index is -0.221. The van der Waals surface area contributed by atoms with Gasteiger partial charge in [0, 0.05) is 19.2 Å². The molecule has 16 heavy (non-hydrogen) atoms. The zero-order chi connectivity index (χ0) is 11.8. The summed E-state index contributed by atoms with van der Waals surface area (Å²) < 4.78 is 0. The van der Waals surface area contributed by atoms with Crippen molar-refractivity contribution in [2.75, 3.05) is 18.4 Å². The highest BCUT2D eigenvalue weighted by Gasteiger charge is 2.06. The van der Waals surface area contributed by atoms with Crippen molar-refractivity contribution >= 4 is 11.7 Å². The first kappa shape index (κ1) is 12.2. The average molecular weight is 220 g/mol. The first-order chi connectivity index (χ1) is 7.77. The fourth-order valence-corrected chi connectivity index (χ4v) is 1.09. The third-order valence-electron chi connectivity index (χ3n) is 1.86. The van der Waals surface area contributed by atoms with Gasteiger partial charge in [-0.15, -0.1) is 6.58 Å². The zero-order valence-corrected chi connectivity index (χ0v) is 9.36. The van der Waals surface area contributed by atoms with E-state index in [-0.39, 0.29) is 5.91 Å². The summed E-state index contributed by atoms with van der Waals surface area (Å²) in [6, 6.07) is 1.63. The van der Waals surface area contributed by atoms with Gasteiger partial charge in [-0.1, -0.05) is 13.0 Å². The topological polar surface area (TPSA) is 66.9 Å². The van der Waals surface area contributed by atoms with E-state index in [0.717, 1.165) is 13.0 Å². The van der Waals surface area contributed by atoms with Gasteiger partial charge in [-0.05, 0) is 6.42 Å². The van der Waals surface area contributed by atoms with E-state index in [0.29, 0.717) is 18.1 Å². The maximum atomic E-state index is 11.6. The van der Waals surface area contributed by atoms with Crippen molar-refractivity contribution in [3.05, 3.63) is 30.7 Å². The molecule has 0 saturated carbocycles. The molecule has 0 saturated heterocycles. The van der Waals surface area contributed by atoms with Crippen molar-refractivity contribution in [3.63, 3.8) is 0 Å². The van der Waals surface area contributed by atoms with E-state index in [1.807, 2.05) is 0 Å². The molecule has 0 fully saturated rings. The number of nitrogens with zero attached hydrogens (tertiary/aromatic N) is 2. The second-order valence-electron chi connectivity index (χ2n) is 3.21. The van der Waals surface area contributed by atoms with Crippen LogP contribution in [-0.2, 0) is 0 Å². The second kappa shape index (κ2) is 6.55. The third-order valence-corrected chi connectivity index (χ3v) is 1.86. The van der Waals surface area contributed by atoms with Gasteiger partial charge in [0.1, 0.15) is 17.8 Å². The van der Waals surface area contributed by atoms with Gasteiger partial charge in [0.05, 0.1) is 0 Å². The Balaban J connectivity index is 2.65. The molecule has 2 N–H and O–H groups in total. The summed E-state index contributed by atoms with van der Waals surface area (Å²) in [4.78, 5) is 19.5. The molecule has 86 valence electrons. The number of amides is 1. The highest BCUT2D eigenvalue weighted by molar-refractivity contribution is 5.92. The first-order valence-corrected chi connectivity index (χ1v) is 5.23. The van der Waals surface area contributed by atoms with E-state index in [9.17, 15) is 4.79 Å². The van der Waals surface area contributed by atoms with Crippen molar-refractivity contribution in [2.24, 2.45) is 0 Å². The molecule has 5 heteroatoms. The molecule has 1 rings (SSSR count). The minimum absolute atomic E-state index is 0.221. The van der Waals surface area contributed by atoms with Gasteiger partial charge in [0.2, 0.25) is 0 Å². The summed E-state index contributed by atoms with van der Waals surface area (Å²) >= 11 is 0. The maximum Gasteiger partial charge on any atom is 0.270 e. The number of carbonyl (C=O) groups excluding carboxylic acids is 1.